The van der Waals surface area contributed by atoms with Crippen LogP contribution in [0, 0.1) is 0 Å². The number of benzene rings is 3. The average Bonchev–Trinajstić information content (AvgIpc) is 3.37. The molecule has 3 aromatic rings. The molecule has 3 aromatic carbocycles. The van der Waals surface area contributed by atoms with Gasteiger partial charge in [0.05, 0.1) is 26.4 Å². The van der Waals surface area contributed by atoms with E-state index in [1.54, 1.807) is 0 Å². The van der Waals surface area contributed by atoms with Crippen LogP contribution in [0.25, 0.3) is 0 Å². The molecule has 0 radical (unpaired) electrons. The van der Waals surface area contributed by atoms with E-state index in [9.17, 15) is 0 Å². The Hall–Kier alpha value is -3.22. The molecule has 0 unspecified atom stereocenters. The highest BCUT2D eigenvalue weighted by Crippen LogP contribution is 2.41. The van der Waals surface area contributed by atoms with E-state index < -0.39 is 24.1 Å². The second-order valence-corrected chi connectivity index (χ2v) is 8.70. The molecule has 5 nitrogen and oxygen atoms in total. The first kappa shape index (κ1) is 23.5. The molecular formula is C30H30O5. The van der Waals surface area contributed by atoms with Crippen molar-refractivity contribution < 1.29 is 23.7 Å². The van der Waals surface area contributed by atoms with E-state index in [0.29, 0.717) is 32.2 Å². The van der Waals surface area contributed by atoms with E-state index in [-0.39, 0.29) is 0 Å². The highest BCUT2D eigenvalue weighted by molar-refractivity contribution is 5.21. The maximum absolute atomic E-state index is 6.52. The van der Waals surface area contributed by atoms with E-state index >= 15 is 0 Å². The third kappa shape index (κ3) is 5.55. The van der Waals surface area contributed by atoms with Gasteiger partial charge in [0.1, 0.15) is 18.0 Å². The molecule has 2 aliphatic rings. The molecule has 0 aliphatic carbocycles. The monoisotopic (exact) mass is 470 g/mol. The van der Waals surface area contributed by atoms with Gasteiger partial charge in [0.25, 0.3) is 5.79 Å². The largest absolute Gasteiger partial charge is 0.458 e. The zero-order chi connectivity index (χ0) is 23.9. The second kappa shape index (κ2) is 11.0. The minimum Gasteiger partial charge on any atom is -0.458 e. The van der Waals surface area contributed by atoms with Crippen molar-refractivity contribution in [3.05, 3.63) is 132 Å². The maximum Gasteiger partial charge on any atom is 0.259 e. The van der Waals surface area contributed by atoms with Gasteiger partial charge in [-0.2, -0.15) is 0 Å². The van der Waals surface area contributed by atoms with Crippen LogP contribution in [0.2, 0.25) is 0 Å². The summed E-state index contributed by atoms with van der Waals surface area (Å²) >= 11 is 0. The van der Waals surface area contributed by atoms with Gasteiger partial charge in [0.2, 0.25) is 0 Å². The molecule has 1 saturated heterocycles. The molecular weight excluding hydrogens is 440 g/mol. The fourth-order valence-corrected chi connectivity index (χ4v) is 4.43. The number of rotatable bonds is 9. The molecule has 2 heterocycles. The fraction of sp³-hybridized carbons (Fsp3) is 0.267. The fourth-order valence-electron chi connectivity index (χ4n) is 4.43. The topological polar surface area (TPSA) is 46.2 Å². The molecule has 0 N–H and O–H groups in total. The Kier molecular flexibility index (Phi) is 7.40. The van der Waals surface area contributed by atoms with Crippen molar-refractivity contribution in [1.29, 1.82) is 0 Å². The number of hydrogen-bond donors (Lipinski definition) is 0. The van der Waals surface area contributed by atoms with Crippen molar-refractivity contribution in [2.24, 2.45) is 0 Å². The lowest BCUT2D eigenvalue weighted by molar-refractivity contribution is -0.308. The molecule has 0 amide bonds. The summed E-state index contributed by atoms with van der Waals surface area (Å²) in [6, 6.07) is 30.1. The van der Waals surface area contributed by atoms with Crippen molar-refractivity contribution in [3.63, 3.8) is 0 Å². The van der Waals surface area contributed by atoms with E-state index in [1.165, 1.54) is 0 Å². The van der Waals surface area contributed by atoms with Crippen LogP contribution in [0.4, 0.5) is 0 Å². The summed E-state index contributed by atoms with van der Waals surface area (Å²) in [5.74, 6) is -0.648. The van der Waals surface area contributed by atoms with Crippen molar-refractivity contribution in [2.75, 3.05) is 6.61 Å². The van der Waals surface area contributed by atoms with Crippen LogP contribution in [0.15, 0.2) is 115 Å². The molecule has 1 spiro atoms. The van der Waals surface area contributed by atoms with Crippen LogP contribution in [0.1, 0.15) is 16.7 Å². The molecule has 0 bridgehead atoms. The Balaban J connectivity index is 1.42. The molecule has 180 valence electrons. The molecule has 4 atom stereocenters. The van der Waals surface area contributed by atoms with E-state index in [1.807, 2.05) is 103 Å². The van der Waals surface area contributed by atoms with Crippen LogP contribution in [0.3, 0.4) is 0 Å². The Bertz CT molecular complexity index is 1120. The summed E-state index contributed by atoms with van der Waals surface area (Å²) in [5.41, 5.74) is 3.17. The summed E-state index contributed by atoms with van der Waals surface area (Å²) in [7, 11) is 0. The van der Waals surface area contributed by atoms with Gasteiger partial charge < -0.3 is 23.7 Å². The van der Waals surface area contributed by atoms with Gasteiger partial charge in [0, 0.05) is 0 Å². The van der Waals surface area contributed by atoms with Crippen LogP contribution in [0.5, 0.6) is 0 Å². The van der Waals surface area contributed by atoms with Gasteiger partial charge in [-0.3, -0.25) is 0 Å². The lowest BCUT2D eigenvalue weighted by Crippen LogP contribution is -2.61. The normalized spacial score (nSPS) is 25.6. The summed E-state index contributed by atoms with van der Waals surface area (Å²) < 4.78 is 31.8. The van der Waals surface area contributed by atoms with E-state index in [2.05, 4.69) is 6.58 Å². The quantitative estimate of drug-likeness (QED) is 0.383. The van der Waals surface area contributed by atoms with Crippen molar-refractivity contribution in [1.82, 2.24) is 0 Å². The van der Waals surface area contributed by atoms with Crippen LogP contribution in [-0.2, 0) is 43.5 Å². The van der Waals surface area contributed by atoms with E-state index in [4.69, 9.17) is 23.7 Å². The first-order chi connectivity index (χ1) is 17.2. The molecule has 0 aromatic heterocycles. The number of hydrogen-bond acceptors (Lipinski definition) is 5. The Morgan fingerprint density at radius 1 is 0.714 bits per heavy atom. The third-order valence-electron chi connectivity index (χ3n) is 6.19. The highest BCUT2D eigenvalue weighted by Gasteiger charge is 2.56. The van der Waals surface area contributed by atoms with Gasteiger partial charge in [-0.1, -0.05) is 104 Å². The highest BCUT2D eigenvalue weighted by atomic mass is 16.7. The summed E-state index contributed by atoms with van der Waals surface area (Å²) in [6.45, 7) is 5.80. The predicted octanol–water partition coefficient (Wildman–Crippen LogP) is 5.57. The Morgan fingerprint density at radius 3 is 1.74 bits per heavy atom. The molecule has 2 aliphatic heterocycles. The smallest absolute Gasteiger partial charge is 0.259 e. The zero-order valence-electron chi connectivity index (χ0n) is 19.6. The van der Waals surface area contributed by atoms with E-state index in [0.717, 1.165) is 16.7 Å². The summed E-state index contributed by atoms with van der Waals surface area (Å²) in [4.78, 5) is 0. The molecule has 5 heteroatoms. The molecule has 5 rings (SSSR count). The van der Waals surface area contributed by atoms with Crippen LogP contribution in [-0.4, -0.2) is 30.7 Å². The minimum absolute atomic E-state index is 0.386. The second-order valence-electron chi connectivity index (χ2n) is 8.70. The standard InChI is InChI=1S/C30H30O5/c1-23-27(31-20-24-12-5-2-6-13-24)28(32-21-25-14-7-3-8-15-25)29(30(35-23)18-11-19-34-30)33-22-26-16-9-4-10-17-26/h2-18,27-29H,1,19-22H2/t27-,28+,29-,30+/m1/s1. The van der Waals surface area contributed by atoms with Gasteiger partial charge in [-0.05, 0) is 22.8 Å². The van der Waals surface area contributed by atoms with Crippen molar-refractivity contribution in [2.45, 2.75) is 43.9 Å². The first-order valence-corrected chi connectivity index (χ1v) is 11.9. The SMILES string of the molecule is C=C1O[C@@]2(C=CCO2)[C@H](OCc2ccccc2)[C@@H](OCc2ccccc2)[C@@H]1OCc1ccccc1. The molecule has 35 heavy (non-hydrogen) atoms. The van der Waals surface area contributed by atoms with Crippen LogP contribution >= 0.6 is 0 Å². The number of ether oxygens (including phenoxy) is 5. The van der Waals surface area contributed by atoms with Crippen LogP contribution < -0.4 is 0 Å². The van der Waals surface area contributed by atoms with Gasteiger partial charge >= 0.3 is 0 Å². The third-order valence-corrected chi connectivity index (χ3v) is 6.19. The lowest BCUT2D eigenvalue weighted by atomic mass is 9.94. The van der Waals surface area contributed by atoms with Crippen molar-refractivity contribution >= 4 is 0 Å². The Labute approximate surface area is 206 Å². The van der Waals surface area contributed by atoms with Gasteiger partial charge in [0.15, 0.2) is 6.10 Å². The maximum atomic E-state index is 6.52. The summed E-state index contributed by atoms with van der Waals surface area (Å²) in [6.07, 6.45) is 2.22. The average molecular weight is 471 g/mol. The van der Waals surface area contributed by atoms with Gasteiger partial charge in [-0.15, -0.1) is 0 Å². The minimum atomic E-state index is -1.11. The summed E-state index contributed by atoms with van der Waals surface area (Å²) in [5, 5.41) is 0. The Morgan fingerprint density at radius 2 is 1.23 bits per heavy atom. The molecule has 1 fully saturated rings. The predicted molar refractivity (Wildman–Crippen MR) is 133 cm³/mol. The first-order valence-electron chi connectivity index (χ1n) is 11.9. The van der Waals surface area contributed by atoms with Crippen molar-refractivity contribution in [3.8, 4) is 0 Å². The molecule has 0 saturated carbocycles. The van der Waals surface area contributed by atoms with Gasteiger partial charge in [-0.25, -0.2) is 0 Å². The lowest BCUT2D eigenvalue weighted by Gasteiger charge is -2.47. The zero-order valence-corrected chi connectivity index (χ0v) is 19.6.